The molecule has 0 saturated carbocycles. The molecule has 0 spiro atoms. The van der Waals surface area contributed by atoms with E-state index in [1.54, 1.807) is 24.0 Å². The number of nitrogens with zero attached hydrogens (tertiary/aromatic N) is 2. The molecule has 2 heterocycles. The van der Waals surface area contributed by atoms with Crippen LogP contribution in [-0.4, -0.2) is 39.5 Å². The summed E-state index contributed by atoms with van der Waals surface area (Å²) in [7, 11) is 1.49. The third-order valence-electron chi connectivity index (χ3n) is 3.39. The Morgan fingerprint density at radius 2 is 2.19 bits per heavy atom. The second-order valence-electron chi connectivity index (χ2n) is 5.15. The summed E-state index contributed by atoms with van der Waals surface area (Å²) in [5.74, 6) is -1.33. The highest BCUT2D eigenvalue weighted by Gasteiger charge is 2.35. The van der Waals surface area contributed by atoms with E-state index in [-0.39, 0.29) is 12.3 Å². The summed E-state index contributed by atoms with van der Waals surface area (Å²) >= 11 is 1.42. The minimum absolute atomic E-state index is 0.0710. The van der Waals surface area contributed by atoms with Gasteiger partial charge in [0.1, 0.15) is 16.8 Å². The monoisotopic (exact) mass is 308 g/mol. The van der Waals surface area contributed by atoms with Gasteiger partial charge in [-0.1, -0.05) is 0 Å². The van der Waals surface area contributed by atoms with E-state index in [0.29, 0.717) is 5.69 Å². The highest BCUT2D eigenvalue weighted by molar-refractivity contribution is 7.13. The Morgan fingerprint density at radius 1 is 1.48 bits per heavy atom. The molecule has 0 aliphatic carbocycles. The van der Waals surface area contributed by atoms with Crippen LogP contribution in [-0.2, 0) is 16.0 Å². The molecule has 0 aromatic carbocycles. The van der Waals surface area contributed by atoms with E-state index in [1.807, 2.05) is 0 Å². The van der Waals surface area contributed by atoms with Crippen LogP contribution in [0.3, 0.4) is 0 Å². The van der Waals surface area contributed by atoms with Gasteiger partial charge in [-0.05, 0) is 19.9 Å². The van der Waals surface area contributed by atoms with Crippen molar-refractivity contribution >= 4 is 23.2 Å². The molecule has 112 valence electrons. The van der Waals surface area contributed by atoms with E-state index in [4.69, 9.17) is 9.52 Å². The molecule has 0 bridgehead atoms. The number of aliphatic carboxylic acids is 1. The molecule has 2 aromatic heterocycles. The fourth-order valence-corrected chi connectivity index (χ4v) is 2.44. The zero-order chi connectivity index (χ0) is 15.6. The summed E-state index contributed by atoms with van der Waals surface area (Å²) in [6.45, 7) is 2.98. The highest BCUT2D eigenvalue weighted by Crippen LogP contribution is 2.24. The van der Waals surface area contributed by atoms with Gasteiger partial charge in [0.15, 0.2) is 0 Å². The Morgan fingerprint density at radius 3 is 2.76 bits per heavy atom. The molecule has 0 atom stereocenters. The van der Waals surface area contributed by atoms with Crippen LogP contribution in [0.1, 0.15) is 19.5 Å². The quantitative estimate of drug-likeness (QED) is 0.916. The van der Waals surface area contributed by atoms with Crippen molar-refractivity contribution in [1.29, 1.82) is 0 Å². The number of carboxylic acids is 1. The lowest BCUT2D eigenvalue weighted by atomic mass is 10.0. The first-order chi connectivity index (χ1) is 9.82. The van der Waals surface area contributed by atoms with Crippen LogP contribution in [0.15, 0.2) is 28.4 Å². The van der Waals surface area contributed by atoms with Crippen LogP contribution in [0.2, 0.25) is 0 Å². The number of thiazole rings is 1. The minimum atomic E-state index is -1.25. The van der Waals surface area contributed by atoms with Gasteiger partial charge in [0.2, 0.25) is 5.91 Å². The molecule has 1 N–H and O–H groups in total. The normalized spacial score (nSPS) is 11.4. The van der Waals surface area contributed by atoms with Crippen LogP contribution >= 0.6 is 11.3 Å². The molecule has 0 aliphatic rings. The summed E-state index contributed by atoms with van der Waals surface area (Å²) < 4.78 is 4.99. The SMILES string of the molecule is CN(C(=O)Cc1csc(-c2ccoc2)n1)C(C)(C)C(=O)O. The Kier molecular flexibility index (Phi) is 4.13. The third kappa shape index (κ3) is 3.13. The molecule has 2 rings (SSSR count). The molecule has 7 heteroatoms. The largest absolute Gasteiger partial charge is 0.480 e. The molecular formula is C14H16N2O4S. The highest BCUT2D eigenvalue weighted by atomic mass is 32.1. The fraction of sp³-hybridized carbons (Fsp3) is 0.357. The number of furan rings is 1. The lowest BCUT2D eigenvalue weighted by molar-refractivity contribution is -0.155. The minimum Gasteiger partial charge on any atom is -0.480 e. The summed E-state index contributed by atoms with van der Waals surface area (Å²) in [6, 6.07) is 1.80. The second kappa shape index (κ2) is 5.69. The van der Waals surface area contributed by atoms with Gasteiger partial charge in [0.25, 0.3) is 0 Å². The molecule has 2 aromatic rings. The molecule has 1 amide bonds. The smallest absolute Gasteiger partial charge is 0.329 e. The van der Waals surface area contributed by atoms with E-state index in [1.165, 1.54) is 37.1 Å². The van der Waals surface area contributed by atoms with Crippen molar-refractivity contribution in [2.45, 2.75) is 25.8 Å². The summed E-state index contributed by atoms with van der Waals surface area (Å²) in [4.78, 5) is 28.9. The molecule has 0 aliphatic heterocycles. The number of hydrogen-bond donors (Lipinski definition) is 1. The summed E-state index contributed by atoms with van der Waals surface area (Å²) in [5, 5.41) is 11.7. The Labute approximate surface area is 126 Å². The molecule has 0 saturated heterocycles. The molecule has 21 heavy (non-hydrogen) atoms. The van der Waals surface area contributed by atoms with E-state index < -0.39 is 11.5 Å². The number of rotatable bonds is 5. The number of carbonyl (C=O) groups excluding carboxylic acids is 1. The van der Waals surface area contributed by atoms with Crippen LogP contribution in [0.5, 0.6) is 0 Å². The first-order valence-electron chi connectivity index (χ1n) is 6.29. The fourth-order valence-electron chi connectivity index (χ4n) is 1.64. The number of likely N-dealkylation sites (N-methyl/N-ethyl adjacent to an activating group) is 1. The summed E-state index contributed by atoms with van der Waals surface area (Å²) in [6.07, 6.45) is 3.22. The van der Waals surface area contributed by atoms with E-state index in [9.17, 15) is 9.59 Å². The average molecular weight is 308 g/mol. The van der Waals surface area contributed by atoms with Crippen LogP contribution in [0, 0.1) is 0 Å². The zero-order valence-electron chi connectivity index (χ0n) is 12.0. The maximum atomic E-state index is 12.2. The zero-order valence-corrected chi connectivity index (χ0v) is 12.8. The van der Waals surface area contributed by atoms with Crippen molar-refractivity contribution in [2.75, 3.05) is 7.05 Å². The number of amides is 1. The van der Waals surface area contributed by atoms with Gasteiger partial charge >= 0.3 is 5.97 Å². The average Bonchev–Trinajstić information content (AvgIpc) is 3.07. The first-order valence-corrected chi connectivity index (χ1v) is 7.17. The van der Waals surface area contributed by atoms with Gasteiger partial charge in [-0.15, -0.1) is 11.3 Å². The predicted octanol–water partition coefficient (Wildman–Crippen LogP) is 2.27. The summed E-state index contributed by atoms with van der Waals surface area (Å²) in [5.41, 5.74) is 0.229. The van der Waals surface area contributed by atoms with Crippen molar-refractivity contribution in [3.05, 3.63) is 29.7 Å². The second-order valence-corrected chi connectivity index (χ2v) is 6.01. The van der Waals surface area contributed by atoms with E-state index in [2.05, 4.69) is 4.98 Å². The maximum absolute atomic E-state index is 12.2. The Bertz CT molecular complexity index is 646. The van der Waals surface area contributed by atoms with Gasteiger partial charge in [-0.2, -0.15) is 0 Å². The van der Waals surface area contributed by atoms with Crippen molar-refractivity contribution in [1.82, 2.24) is 9.88 Å². The van der Waals surface area contributed by atoms with Gasteiger partial charge in [-0.25, -0.2) is 9.78 Å². The first kappa shape index (κ1) is 15.2. The lowest BCUT2D eigenvalue weighted by Crippen LogP contribution is -2.51. The van der Waals surface area contributed by atoms with Crippen LogP contribution < -0.4 is 0 Å². The van der Waals surface area contributed by atoms with E-state index >= 15 is 0 Å². The number of carboxylic acid groups (broad SMARTS) is 1. The topological polar surface area (TPSA) is 83.6 Å². The molecular weight excluding hydrogens is 292 g/mol. The Balaban J connectivity index is 2.08. The Hall–Kier alpha value is -2.15. The maximum Gasteiger partial charge on any atom is 0.329 e. The number of hydrogen-bond acceptors (Lipinski definition) is 5. The lowest BCUT2D eigenvalue weighted by Gasteiger charge is -2.31. The van der Waals surface area contributed by atoms with E-state index in [0.717, 1.165) is 10.6 Å². The molecule has 0 radical (unpaired) electrons. The molecule has 0 unspecified atom stereocenters. The standard InChI is InChI=1S/C14H16N2O4S/c1-14(2,13(18)19)16(3)11(17)6-10-8-21-12(15-10)9-4-5-20-7-9/h4-5,7-8H,6H2,1-3H3,(H,18,19). The van der Waals surface area contributed by atoms with Gasteiger partial charge in [0, 0.05) is 18.0 Å². The van der Waals surface area contributed by atoms with Crippen LogP contribution in [0.4, 0.5) is 0 Å². The van der Waals surface area contributed by atoms with Crippen molar-refractivity contribution in [3.8, 4) is 10.6 Å². The predicted molar refractivity (Wildman–Crippen MR) is 78.0 cm³/mol. The van der Waals surface area contributed by atoms with Gasteiger partial charge in [-0.3, -0.25) is 4.79 Å². The third-order valence-corrected chi connectivity index (χ3v) is 4.33. The van der Waals surface area contributed by atoms with Gasteiger partial charge < -0.3 is 14.4 Å². The molecule has 0 fully saturated rings. The van der Waals surface area contributed by atoms with Crippen molar-refractivity contribution in [2.24, 2.45) is 0 Å². The van der Waals surface area contributed by atoms with Gasteiger partial charge in [0.05, 0.1) is 18.4 Å². The molecule has 6 nitrogen and oxygen atoms in total. The van der Waals surface area contributed by atoms with Crippen LogP contribution in [0.25, 0.3) is 10.6 Å². The number of aromatic nitrogens is 1. The van der Waals surface area contributed by atoms with Crippen molar-refractivity contribution < 1.29 is 19.1 Å². The van der Waals surface area contributed by atoms with Crippen molar-refractivity contribution in [3.63, 3.8) is 0 Å². The number of carbonyl (C=O) groups is 2.